The van der Waals surface area contributed by atoms with Crippen LogP contribution in [0.1, 0.15) is 46.5 Å². The average molecular weight is 314 g/mol. The van der Waals surface area contributed by atoms with E-state index in [1.165, 1.54) is 0 Å². The zero-order valence-electron chi connectivity index (χ0n) is 14.8. The van der Waals surface area contributed by atoms with Gasteiger partial charge >= 0.3 is 0 Å². The maximum absolute atomic E-state index is 12.4. The number of anilines is 1. The molecule has 23 heavy (non-hydrogen) atoms. The highest BCUT2D eigenvalue weighted by molar-refractivity contribution is 5.58. The summed E-state index contributed by atoms with van der Waals surface area (Å²) < 4.78 is 0. The predicted molar refractivity (Wildman–Crippen MR) is 95.5 cm³/mol. The van der Waals surface area contributed by atoms with Crippen LogP contribution in [0, 0.1) is 20.8 Å². The van der Waals surface area contributed by atoms with Crippen LogP contribution in [0.25, 0.3) is 0 Å². The third kappa shape index (κ3) is 3.32. The molecule has 2 rings (SSSR count). The maximum Gasteiger partial charge on any atom is 0.272 e. The second-order valence-corrected chi connectivity index (χ2v) is 6.39. The van der Waals surface area contributed by atoms with Gasteiger partial charge in [0.1, 0.15) is 11.8 Å². The minimum Gasteiger partial charge on any atom is -0.384 e. The molecule has 2 N–H and O–H groups in total. The minimum absolute atomic E-state index is 0.164. The number of pyridine rings is 1. The first-order valence-corrected chi connectivity index (χ1v) is 7.95. The molecule has 4 heteroatoms. The molecule has 2 aromatic rings. The fourth-order valence-electron chi connectivity index (χ4n) is 3.30. The van der Waals surface area contributed by atoms with Crippen molar-refractivity contribution in [3.63, 3.8) is 0 Å². The fourth-order valence-corrected chi connectivity index (χ4v) is 3.30. The van der Waals surface area contributed by atoms with Gasteiger partial charge in [-0.05, 0) is 38.3 Å². The standard InChI is InChI=1S/C19H26N2O2/c1-7-15-13(4)20-19(23)17(21(5)6)16(15)18(22)14-9-11(2)8-12(3)10-14/h8-10,18,22H,7H2,1-6H3,(H,20,23). The molecule has 0 aliphatic heterocycles. The zero-order chi connectivity index (χ0) is 17.3. The Labute approximate surface area is 137 Å². The summed E-state index contributed by atoms with van der Waals surface area (Å²) in [4.78, 5) is 17.1. The highest BCUT2D eigenvalue weighted by atomic mass is 16.3. The molecule has 0 spiro atoms. The van der Waals surface area contributed by atoms with Crippen LogP contribution < -0.4 is 10.5 Å². The van der Waals surface area contributed by atoms with Gasteiger partial charge in [0.05, 0.1) is 0 Å². The third-order valence-corrected chi connectivity index (χ3v) is 4.18. The lowest BCUT2D eigenvalue weighted by Gasteiger charge is -2.24. The SMILES string of the molecule is CCc1c(C)[nH]c(=O)c(N(C)C)c1C(O)c1cc(C)cc(C)c1. The van der Waals surface area contributed by atoms with E-state index >= 15 is 0 Å². The molecule has 124 valence electrons. The molecular formula is C19H26N2O2. The Hall–Kier alpha value is -2.07. The minimum atomic E-state index is -0.818. The van der Waals surface area contributed by atoms with Crippen molar-refractivity contribution in [2.24, 2.45) is 0 Å². The Kier molecular flexibility index (Phi) is 4.95. The quantitative estimate of drug-likeness (QED) is 0.912. The van der Waals surface area contributed by atoms with Crippen LogP contribution in [0.15, 0.2) is 23.0 Å². The number of aromatic amines is 1. The molecule has 0 fully saturated rings. The van der Waals surface area contributed by atoms with Crippen LogP contribution in [0.2, 0.25) is 0 Å². The van der Waals surface area contributed by atoms with Crippen LogP contribution in [0.5, 0.6) is 0 Å². The zero-order valence-corrected chi connectivity index (χ0v) is 14.8. The molecule has 4 nitrogen and oxygen atoms in total. The van der Waals surface area contributed by atoms with Gasteiger partial charge in [-0.3, -0.25) is 4.79 Å². The van der Waals surface area contributed by atoms with Gasteiger partial charge in [0.2, 0.25) is 0 Å². The summed E-state index contributed by atoms with van der Waals surface area (Å²) in [5.41, 5.74) is 5.92. The summed E-state index contributed by atoms with van der Waals surface area (Å²) >= 11 is 0. The van der Waals surface area contributed by atoms with Crippen LogP contribution >= 0.6 is 0 Å². The van der Waals surface area contributed by atoms with Crippen molar-refractivity contribution >= 4 is 5.69 Å². The second-order valence-electron chi connectivity index (χ2n) is 6.39. The molecule has 1 unspecified atom stereocenters. The van der Waals surface area contributed by atoms with Crippen molar-refractivity contribution < 1.29 is 5.11 Å². The number of nitrogens with one attached hydrogen (secondary N) is 1. The fraction of sp³-hybridized carbons (Fsp3) is 0.421. The summed E-state index contributed by atoms with van der Waals surface area (Å²) in [6.07, 6.45) is -0.0670. The van der Waals surface area contributed by atoms with Crippen molar-refractivity contribution in [2.75, 3.05) is 19.0 Å². The molecule has 0 amide bonds. The average Bonchev–Trinajstić information content (AvgIpc) is 2.44. The Balaban J connectivity index is 2.76. The first kappa shape index (κ1) is 17.3. The van der Waals surface area contributed by atoms with Crippen LogP contribution in [-0.4, -0.2) is 24.2 Å². The summed E-state index contributed by atoms with van der Waals surface area (Å²) in [7, 11) is 3.66. The third-order valence-electron chi connectivity index (χ3n) is 4.18. The van der Waals surface area contributed by atoms with Crippen molar-refractivity contribution in [1.29, 1.82) is 0 Å². The van der Waals surface area contributed by atoms with E-state index in [4.69, 9.17) is 0 Å². The predicted octanol–water partition coefficient (Wildman–Crippen LogP) is 3.01. The Morgan fingerprint density at radius 2 is 1.70 bits per heavy atom. The van der Waals surface area contributed by atoms with Crippen molar-refractivity contribution in [3.05, 3.63) is 62.1 Å². The smallest absolute Gasteiger partial charge is 0.272 e. The molecule has 1 aromatic heterocycles. The lowest BCUT2D eigenvalue weighted by Crippen LogP contribution is -2.26. The first-order valence-electron chi connectivity index (χ1n) is 7.95. The lowest BCUT2D eigenvalue weighted by molar-refractivity contribution is 0.219. The first-order chi connectivity index (χ1) is 10.8. The Morgan fingerprint density at radius 3 is 2.17 bits per heavy atom. The number of aryl methyl sites for hydroxylation is 3. The number of aliphatic hydroxyl groups excluding tert-OH is 1. The van der Waals surface area contributed by atoms with Crippen molar-refractivity contribution in [1.82, 2.24) is 4.98 Å². The van der Waals surface area contributed by atoms with Gasteiger partial charge in [0.15, 0.2) is 0 Å². The molecule has 1 atom stereocenters. The van der Waals surface area contributed by atoms with Crippen molar-refractivity contribution in [3.8, 4) is 0 Å². The van der Waals surface area contributed by atoms with E-state index in [2.05, 4.69) is 11.1 Å². The Bertz CT molecular complexity index is 755. The van der Waals surface area contributed by atoms with E-state index in [9.17, 15) is 9.90 Å². The number of rotatable bonds is 4. The van der Waals surface area contributed by atoms with Crippen LogP contribution in [-0.2, 0) is 6.42 Å². The number of aliphatic hydroxyl groups is 1. The maximum atomic E-state index is 12.4. The topological polar surface area (TPSA) is 56.3 Å². The van der Waals surface area contributed by atoms with Gasteiger partial charge in [-0.25, -0.2) is 0 Å². The van der Waals surface area contributed by atoms with Crippen LogP contribution in [0.3, 0.4) is 0 Å². The molecule has 0 bridgehead atoms. The van der Waals surface area contributed by atoms with Gasteiger partial charge in [-0.15, -0.1) is 0 Å². The highest BCUT2D eigenvalue weighted by Gasteiger charge is 2.24. The van der Waals surface area contributed by atoms with Gasteiger partial charge in [0.25, 0.3) is 5.56 Å². The van der Waals surface area contributed by atoms with Gasteiger partial charge in [-0.1, -0.05) is 36.2 Å². The van der Waals surface area contributed by atoms with E-state index in [0.29, 0.717) is 11.3 Å². The summed E-state index contributed by atoms with van der Waals surface area (Å²) in [5.74, 6) is 0. The van der Waals surface area contributed by atoms with E-state index in [0.717, 1.165) is 34.4 Å². The number of hydrogen-bond donors (Lipinski definition) is 2. The number of hydrogen-bond acceptors (Lipinski definition) is 3. The number of benzene rings is 1. The monoisotopic (exact) mass is 314 g/mol. The van der Waals surface area contributed by atoms with E-state index in [1.54, 1.807) is 4.90 Å². The van der Waals surface area contributed by atoms with Crippen LogP contribution in [0.4, 0.5) is 5.69 Å². The Morgan fingerprint density at radius 1 is 1.13 bits per heavy atom. The number of aromatic nitrogens is 1. The lowest BCUT2D eigenvalue weighted by atomic mass is 9.91. The highest BCUT2D eigenvalue weighted by Crippen LogP contribution is 2.32. The largest absolute Gasteiger partial charge is 0.384 e. The molecule has 1 aromatic carbocycles. The molecule has 0 aliphatic carbocycles. The second kappa shape index (κ2) is 6.59. The number of nitrogens with zero attached hydrogens (tertiary/aromatic N) is 1. The summed E-state index contributed by atoms with van der Waals surface area (Å²) in [6.45, 7) is 7.95. The van der Waals surface area contributed by atoms with Crippen molar-refractivity contribution in [2.45, 2.75) is 40.2 Å². The molecule has 0 saturated heterocycles. The van der Waals surface area contributed by atoms with Gasteiger partial charge in [0, 0.05) is 25.4 Å². The molecule has 0 radical (unpaired) electrons. The summed E-state index contributed by atoms with van der Waals surface area (Å²) in [5, 5.41) is 11.1. The van der Waals surface area contributed by atoms with E-state index in [1.807, 2.05) is 53.9 Å². The summed E-state index contributed by atoms with van der Waals surface area (Å²) in [6, 6.07) is 6.03. The number of H-pyrrole nitrogens is 1. The molecular weight excluding hydrogens is 288 g/mol. The molecule has 0 aliphatic rings. The molecule has 0 saturated carbocycles. The van der Waals surface area contributed by atoms with E-state index in [-0.39, 0.29) is 5.56 Å². The molecule has 1 heterocycles. The van der Waals surface area contributed by atoms with E-state index < -0.39 is 6.10 Å². The van der Waals surface area contributed by atoms with Gasteiger partial charge < -0.3 is 15.0 Å². The van der Waals surface area contributed by atoms with Gasteiger partial charge in [-0.2, -0.15) is 0 Å². The normalized spacial score (nSPS) is 12.3.